The van der Waals surface area contributed by atoms with Crippen molar-refractivity contribution < 1.29 is 14.7 Å². The van der Waals surface area contributed by atoms with Crippen molar-refractivity contribution in [2.75, 3.05) is 6.54 Å². The molecule has 0 saturated carbocycles. The van der Waals surface area contributed by atoms with Crippen LogP contribution in [0.3, 0.4) is 0 Å². The van der Waals surface area contributed by atoms with Gasteiger partial charge < -0.3 is 15.1 Å². The molecule has 0 radical (unpaired) electrons. The van der Waals surface area contributed by atoms with Crippen molar-refractivity contribution in [3.05, 3.63) is 59.2 Å². The molecule has 0 saturated heterocycles. The van der Waals surface area contributed by atoms with Crippen molar-refractivity contribution in [2.24, 2.45) is 4.99 Å². The lowest BCUT2D eigenvalue weighted by atomic mass is 10.0. The maximum atomic E-state index is 12.2. The van der Waals surface area contributed by atoms with Crippen LogP contribution in [0, 0.1) is 6.92 Å². The number of aromatic carboxylic acids is 1. The highest BCUT2D eigenvalue weighted by Crippen LogP contribution is 2.31. The van der Waals surface area contributed by atoms with E-state index in [2.05, 4.69) is 15.0 Å². The molecule has 3 rings (SSSR count). The number of nitrogens with one attached hydrogen (secondary N) is 2. The quantitative estimate of drug-likeness (QED) is 0.683. The van der Waals surface area contributed by atoms with Crippen LogP contribution in [0.4, 0.5) is 5.69 Å². The van der Waals surface area contributed by atoms with Crippen LogP contribution >= 0.6 is 11.9 Å². The number of rotatable bonds is 5. The maximum absolute atomic E-state index is 12.2. The summed E-state index contributed by atoms with van der Waals surface area (Å²) in [5, 5.41) is 11.9. The summed E-state index contributed by atoms with van der Waals surface area (Å²) in [6.45, 7) is 6.33. The lowest BCUT2D eigenvalue weighted by Gasteiger charge is -2.16. The summed E-state index contributed by atoms with van der Waals surface area (Å²) < 4.78 is 2.94. The third-order valence-corrected chi connectivity index (χ3v) is 4.59. The fourth-order valence-electron chi connectivity index (χ4n) is 2.48. The summed E-state index contributed by atoms with van der Waals surface area (Å²) in [5.74, 6) is -1.04. The zero-order valence-corrected chi connectivity index (χ0v) is 16.4. The van der Waals surface area contributed by atoms with E-state index in [9.17, 15) is 14.7 Å². The fourth-order valence-corrected chi connectivity index (χ4v) is 3.29. The van der Waals surface area contributed by atoms with Crippen LogP contribution in [0.2, 0.25) is 0 Å². The van der Waals surface area contributed by atoms with Gasteiger partial charge in [-0.1, -0.05) is 38.1 Å². The van der Waals surface area contributed by atoms with E-state index in [-0.39, 0.29) is 17.3 Å². The Labute approximate surface area is 163 Å². The first-order valence-electron chi connectivity index (χ1n) is 8.76. The van der Waals surface area contributed by atoms with Crippen LogP contribution in [-0.2, 0) is 11.2 Å². The van der Waals surface area contributed by atoms with E-state index in [1.54, 1.807) is 24.3 Å². The Hall–Kier alpha value is -2.80. The third-order valence-electron chi connectivity index (χ3n) is 3.75. The van der Waals surface area contributed by atoms with Crippen LogP contribution in [0.25, 0.3) is 0 Å². The minimum atomic E-state index is -0.969. The van der Waals surface area contributed by atoms with Crippen LogP contribution in [0.5, 0.6) is 0 Å². The van der Waals surface area contributed by atoms with Crippen molar-refractivity contribution in [3.63, 3.8) is 0 Å². The van der Waals surface area contributed by atoms with Crippen LogP contribution < -0.4 is 10.0 Å². The van der Waals surface area contributed by atoms with E-state index in [4.69, 9.17) is 0 Å². The molecule has 2 aromatic rings. The molecule has 0 atom stereocenters. The first-order chi connectivity index (χ1) is 13.0. The normalized spacial score (nSPS) is 11.9. The van der Waals surface area contributed by atoms with Gasteiger partial charge in [-0.3, -0.25) is 4.79 Å². The van der Waals surface area contributed by atoms with Gasteiger partial charge in [0.25, 0.3) is 5.91 Å². The van der Waals surface area contributed by atoms with Crippen LogP contribution in [-0.4, -0.2) is 29.4 Å². The number of benzene rings is 2. The molecule has 0 unspecified atom stereocenters. The SMILES string of the molecule is CC.Cc1ccc2c(c1)SNC(C(=O)NCCc1ccccc1C(=O)O)=N2. The molecule has 2 aromatic carbocycles. The average Bonchev–Trinajstić information content (AvgIpc) is 2.69. The highest BCUT2D eigenvalue weighted by Gasteiger charge is 2.18. The number of amides is 1. The largest absolute Gasteiger partial charge is 0.478 e. The zero-order valence-electron chi connectivity index (χ0n) is 15.6. The highest BCUT2D eigenvalue weighted by atomic mass is 32.2. The molecule has 142 valence electrons. The van der Waals surface area contributed by atoms with Crippen molar-refractivity contribution in [2.45, 2.75) is 32.1 Å². The van der Waals surface area contributed by atoms with Gasteiger partial charge in [0, 0.05) is 6.54 Å². The number of aryl methyl sites for hydroxylation is 1. The van der Waals surface area contributed by atoms with Gasteiger partial charge in [-0.05, 0) is 54.6 Å². The molecule has 3 N–H and O–H groups in total. The molecule has 0 bridgehead atoms. The van der Waals surface area contributed by atoms with Gasteiger partial charge >= 0.3 is 5.97 Å². The van der Waals surface area contributed by atoms with E-state index < -0.39 is 5.97 Å². The number of hydrogen-bond donors (Lipinski definition) is 3. The van der Waals surface area contributed by atoms with Gasteiger partial charge in [0.05, 0.1) is 16.1 Å². The Bertz CT molecular complexity index is 865. The van der Waals surface area contributed by atoms with Crippen molar-refractivity contribution in [1.82, 2.24) is 10.0 Å². The lowest BCUT2D eigenvalue weighted by Crippen LogP contribution is -2.39. The number of nitrogens with zero attached hydrogens (tertiary/aromatic N) is 1. The number of amidine groups is 1. The standard InChI is InChI=1S/C18H17N3O3S.C2H6/c1-11-6-7-14-15(10-11)25-21-16(20-14)17(22)19-9-8-12-4-2-3-5-13(12)18(23)24;1-2/h2-7,10H,8-9H2,1H3,(H,19,22)(H,20,21)(H,23,24);1-2H3. The second kappa shape index (κ2) is 9.78. The lowest BCUT2D eigenvalue weighted by molar-refractivity contribution is -0.114. The van der Waals surface area contributed by atoms with E-state index in [0.717, 1.165) is 16.1 Å². The van der Waals surface area contributed by atoms with Crippen LogP contribution in [0.15, 0.2) is 52.4 Å². The van der Waals surface area contributed by atoms with E-state index in [1.165, 1.54) is 11.9 Å². The second-order valence-corrected chi connectivity index (χ2v) is 6.45. The van der Waals surface area contributed by atoms with Crippen molar-refractivity contribution in [3.8, 4) is 0 Å². The van der Waals surface area contributed by atoms with E-state index in [1.807, 2.05) is 39.0 Å². The fraction of sp³-hybridized carbons (Fsp3) is 0.250. The molecule has 0 aromatic heterocycles. The molecule has 1 aliphatic rings. The Morgan fingerprint density at radius 2 is 1.93 bits per heavy atom. The van der Waals surface area contributed by atoms with Gasteiger partial charge in [-0.25, -0.2) is 9.79 Å². The smallest absolute Gasteiger partial charge is 0.335 e. The Morgan fingerprint density at radius 1 is 1.19 bits per heavy atom. The molecule has 1 aliphatic heterocycles. The number of carboxylic acids is 1. The molecule has 0 aliphatic carbocycles. The Balaban J connectivity index is 0.00000126. The number of carbonyl (C=O) groups is 2. The van der Waals surface area contributed by atoms with Crippen molar-refractivity contribution >= 4 is 35.3 Å². The van der Waals surface area contributed by atoms with E-state index in [0.29, 0.717) is 18.5 Å². The first-order valence-corrected chi connectivity index (χ1v) is 9.58. The highest BCUT2D eigenvalue weighted by molar-refractivity contribution is 7.98. The number of fused-ring (bicyclic) bond motifs is 1. The summed E-state index contributed by atoms with van der Waals surface area (Å²) >= 11 is 1.36. The molecule has 6 nitrogen and oxygen atoms in total. The number of aliphatic imine (C=N–C) groups is 1. The molecule has 27 heavy (non-hydrogen) atoms. The Morgan fingerprint density at radius 3 is 2.67 bits per heavy atom. The number of carboxylic acid groups (broad SMARTS) is 1. The second-order valence-electron chi connectivity index (χ2n) is 5.60. The minimum absolute atomic E-state index is 0.243. The number of carbonyl (C=O) groups excluding carboxylic acids is 1. The van der Waals surface area contributed by atoms with Gasteiger partial charge in [0.2, 0.25) is 5.84 Å². The summed E-state index contributed by atoms with van der Waals surface area (Å²) in [7, 11) is 0. The van der Waals surface area contributed by atoms with Gasteiger partial charge in [0.15, 0.2) is 0 Å². The summed E-state index contributed by atoms with van der Waals surface area (Å²) in [6.07, 6.45) is 0.435. The molecular weight excluding hydrogens is 362 g/mol. The maximum Gasteiger partial charge on any atom is 0.335 e. The molecule has 7 heteroatoms. The summed E-state index contributed by atoms with van der Waals surface area (Å²) in [6, 6.07) is 12.6. The first kappa shape index (κ1) is 20.5. The van der Waals surface area contributed by atoms with E-state index >= 15 is 0 Å². The third kappa shape index (κ3) is 5.34. The molecule has 1 heterocycles. The molecular formula is C20H23N3O3S. The summed E-state index contributed by atoms with van der Waals surface area (Å²) in [5.41, 5.74) is 2.83. The zero-order chi connectivity index (χ0) is 19.8. The minimum Gasteiger partial charge on any atom is -0.478 e. The predicted molar refractivity (Wildman–Crippen MR) is 109 cm³/mol. The van der Waals surface area contributed by atoms with Crippen LogP contribution in [0.1, 0.15) is 35.3 Å². The molecule has 0 fully saturated rings. The van der Waals surface area contributed by atoms with Gasteiger partial charge in [-0.15, -0.1) is 0 Å². The molecule has 0 spiro atoms. The van der Waals surface area contributed by atoms with Gasteiger partial charge in [-0.2, -0.15) is 0 Å². The predicted octanol–water partition coefficient (Wildman–Crippen LogP) is 3.72. The summed E-state index contributed by atoms with van der Waals surface area (Å²) in [4.78, 5) is 28.8. The number of hydrogen-bond acceptors (Lipinski definition) is 5. The topological polar surface area (TPSA) is 90.8 Å². The Kier molecular flexibility index (Phi) is 7.43. The van der Waals surface area contributed by atoms with Gasteiger partial charge in [0.1, 0.15) is 0 Å². The van der Waals surface area contributed by atoms with Crippen molar-refractivity contribution in [1.29, 1.82) is 0 Å². The monoisotopic (exact) mass is 385 g/mol. The molecule has 1 amide bonds. The average molecular weight is 385 g/mol.